The summed E-state index contributed by atoms with van der Waals surface area (Å²) in [6.45, 7) is 3.95. The zero-order valence-electron chi connectivity index (χ0n) is 12.3. The van der Waals surface area contributed by atoms with Gasteiger partial charge in [0.25, 0.3) is 0 Å². The molecule has 1 saturated heterocycles. The molecule has 118 valence electrons. The lowest BCUT2D eigenvalue weighted by Crippen LogP contribution is -2.48. The van der Waals surface area contributed by atoms with Gasteiger partial charge in [0.1, 0.15) is 11.2 Å². The maximum absolute atomic E-state index is 14.4. The van der Waals surface area contributed by atoms with Crippen molar-refractivity contribution in [2.24, 2.45) is 5.73 Å². The van der Waals surface area contributed by atoms with E-state index in [1.807, 2.05) is 0 Å². The van der Waals surface area contributed by atoms with Crippen LogP contribution in [0.1, 0.15) is 25.5 Å². The SMILES string of the molecule is CCS(=O)(=O)C1CSCCN1c1ccc(C(C)N)cc1F. The minimum absolute atomic E-state index is 0.0638. The van der Waals surface area contributed by atoms with Gasteiger partial charge in [0, 0.05) is 29.8 Å². The van der Waals surface area contributed by atoms with Crippen molar-refractivity contribution in [2.75, 3.05) is 28.7 Å². The molecule has 0 radical (unpaired) electrons. The highest BCUT2D eigenvalue weighted by molar-refractivity contribution is 8.01. The van der Waals surface area contributed by atoms with Crippen LogP contribution in [0, 0.1) is 5.82 Å². The monoisotopic (exact) mass is 332 g/mol. The van der Waals surface area contributed by atoms with Gasteiger partial charge in [-0.15, -0.1) is 0 Å². The zero-order chi connectivity index (χ0) is 15.6. The van der Waals surface area contributed by atoms with Gasteiger partial charge in [-0.2, -0.15) is 11.8 Å². The van der Waals surface area contributed by atoms with Crippen molar-refractivity contribution in [3.8, 4) is 0 Å². The van der Waals surface area contributed by atoms with Gasteiger partial charge in [-0.25, -0.2) is 12.8 Å². The van der Waals surface area contributed by atoms with Crippen molar-refractivity contribution in [3.63, 3.8) is 0 Å². The van der Waals surface area contributed by atoms with E-state index in [2.05, 4.69) is 0 Å². The highest BCUT2D eigenvalue weighted by Crippen LogP contribution is 2.30. The summed E-state index contributed by atoms with van der Waals surface area (Å²) in [6.07, 6.45) is 0. The van der Waals surface area contributed by atoms with Crippen molar-refractivity contribution in [3.05, 3.63) is 29.6 Å². The van der Waals surface area contributed by atoms with E-state index in [4.69, 9.17) is 5.73 Å². The van der Waals surface area contributed by atoms with Gasteiger partial charge < -0.3 is 10.6 Å². The van der Waals surface area contributed by atoms with Crippen LogP contribution in [-0.2, 0) is 9.84 Å². The van der Waals surface area contributed by atoms with Crippen LogP contribution in [0.25, 0.3) is 0 Å². The molecule has 7 heteroatoms. The maximum atomic E-state index is 14.4. The molecule has 0 saturated carbocycles. The van der Waals surface area contributed by atoms with Crippen LogP contribution in [0.2, 0.25) is 0 Å². The van der Waals surface area contributed by atoms with Crippen LogP contribution in [0.4, 0.5) is 10.1 Å². The maximum Gasteiger partial charge on any atom is 0.171 e. The number of thioether (sulfide) groups is 1. The Labute approximate surface area is 129 Å². The Morgan fingerprint density at radius 3 is 2.81 bits per heavy atom. The van der Waals surface area contributed by atoms with Crippen molar-refractivity contribution in [1.82, 2.24) is 0 Å². The van der Waals surface area contributed by atoms with Gasteiger partial charge in [-0.05, 0) is 24.6 Å². The minimum atomic E-state index is -3.25. The Morgan fingerprint density at radius 1 is 1.52 bits per heavy atom. The number of anilines is 1. The largest absolute Gasteiger partial charge is 0.351 e. The van der Waals surface area contributed by atoms with Crippen LogP contribution < -0.4 is 10.6 Å². The average molecular weight is 332 g/mol. The van der Waals surface area contributed by atoms with Gasteiger partial charge >= 0.3 is 0 Å². The summed E-state index contributed by atoms with van der Waals surface area (Å²) in [5.74, 6) is 0.927. The minimum Gasteiger partial charge on any atom is -0.351 e. The van der Waals surface area contributed by atoms with Gasteiger partial charge in [-0.3, -0.25) is 0 Å². The quantitative estimate of drug-likeness (QED) is 0.915. The third-order valence-corrected chi connectivity index (χ3v) is 7.00. The summed E-state index contributed by atoms with van der Waals surface area (Å²) in [4.78, 5) is 1.68. The number of nitrogens with two attached hydrogens (primary N) is 1. The number of halogens is 1. The van der Waals surface area contributed by atoms with E-state index in [1.54, 1.807) is 42.6 Å². The summed E-state index contributed by atoms with van der Waals surface area (Å²) >= 11 is 1.59. The van der Waals surface area contributed by atoms with Crippen LogP contribution in [0.3, 0.4) is 0 Å². The zero-order valence-corrected chi connectivity index (χ0v) is 13.9. The highest BCUT2D eigenvalue weighted by Gasteiger charge is 2.34. The molecule has 1 aromatic rings. The smallest absolute Gasteiger partial charge is 0.171 e. The van der Waals surface area contributed by atoms with Gasteiger partial charge in [-0.1, -0.05) is 13.0 Å². The summed E-state index contributed by atoms with van der Waals surface area (Å²) in [5, 5.41) is -0.656. The van der Waals surface area contributed by atoms with E-state index in [9.17, 15) is 12.8 Å². The third kappa shape index (κ3) is 3.52. The fourth-order valence-corrected chi connectivity index (χ4v) is 5.37. The van der Waals surface area contributed by atoms with Crippen LogP contribution >= 0.6 is 11.8 Å². The normalized spacial score (nSPS) is 21.3. The summed E-state index contributed by atoms with van der Waals surface area (Å²) in [7, 11) is -3.25. The third-order valence-electron chi connectivity index (χ3n) is 3.71. The molecule has 2 atom stereocenters. The predicted molar refractivity (Wildman–Crippen MR) is 86.9 cm³/mol. The molecule has 0 bridgehead atoms. The average Bonchev–Trinajstić information content (AvgIpc) is 2.47. The van der Waals surface area contributed by atoms with E-state index in [-0.39, 0.29) is 11.8 Å². The van der Waals surface area contributed by atoms with Gasteiger partial charge in [0.05, 0.1) is 5.69 Å². The van der Waals surface area contributed by atoms with Gasteiger partial charge in [0.15, 0.2) is 9.84 Å². The molecule has 1 aliphatic rings. The summed E-state index contributed by atoms with van der Waals surface area (Å²) < 4.78 is 38.8. The molecular weight excluding hydrogens is 311 g/mol. The molecule has 4 nitrogen and oxygen atoms in total. The highest BCUT2D eigenvalue weighted by atomic mass is 32.2. The molecular formula is C14H21FN2O2S2. The first-order valence-electron chi connectivity index (χ1n) is 6.97. The standard InChI is InChI=1S/C14H21FN2O2S2/c1-3-21(18,19)14-9-20-7-6-17(14)13-5-4-11(10(2)16)8-12(13)15/h4-5,8,10,14H,3,6-7,9,16H2,1-2H3. The van der Waals surface area contributed by atoms with Crippen LogP contribution in [0.15, 0.2) is 18.2 Å². The van der Waals surface area contributed by atoms with Crippen molar-refractivity contribution < 1.29 is 12.8 Å². The second-order valence-corrected chi connectivity index (χ2v) is 8.77. The van der Waals surface area contributed by atoms with Gasteiger partial charge in [0.2, 0.25) is 0 Å². The Hall–Kier alpha value is -0.790. The van der Waals surface area contributed by atoms with Crippen molar-refractivity contribution in [2.45, 2.75) is 25.3 Å². The van der Waals surface area contributed by atoms with E-state index in [0.29, 0.717) is 23.5 Å². The summed E-state index contributed by atoms with van der Waals surface area (Å²) in [6, 6.07) is 4.56. The molecule has 2 rings (SSSR count). The number of nitrogens with zero attached hydrogens (tertiary/aromatic N) is 1. The lowest BCUT2D eigenvalue weighted by atomic mass is 10.1. The number of benzene rings is 1. The Morgan fingerprint density at radius 2 is 2.24 bits per heavy atom. The van der Waals surface area contributed by atoms with Crippen LogP contribution in [-0.4, -0.2) is 37.6 Å². The van der Waals surface area contributed by atoms with Crippen molar-refractivity contribution >= 4 is 27.3 Å². The number of hydrogen-bond acceptors (Lipinski definition) is 5. The van der Waals surface area contributed by atoms with Crippen LogP contribution in [0.5, 0.6) is 0 Å². The molecule has 21 heavy (non-hydrogen) atoms. The molecule has 0 aliphatic carbocycles. The molecule has 1 aliphatic heterocycles. The molecule has 2 unspecified atom stereocenters. The number of rotatable bonds is 4. The summed E-state index contributed by atoms with van der Waals surface area (Å²) in [5.41, 5.74) is 6.80. The Balaban J connectivity index is 2.38. The lowest BCUT2D eigenvalue weighted by molar-refractivity contribution is 0.573. The molecule has 1 aromatic carbocycles. The molecule has 2 N–H and O–H groups in total. The molecule has 0 spiro atoms. The fourth-order valence-electron chi connectivity index (χ4n) is 2.39. The topological polar surface area (TPSA) is 63.4 Å². The first kappa shape index (κ1) is 16.6. The Bertz CT molecular complexity index is 605. The van der Waals surface area contributed by atoms with E-state index in [1.165, 1.54) is 6.07 Å². The predicted octanol–water partition coefficient (Wildman–Crippen LogP) is 2.16. The van der Waals surface area contributed by atoms with E-state index in [0.717, 1.165) is 5.75 Å². The molecule has 1 heterocycles. The fraction of sp³-hybridized carbons (Fsp3) is 0.571. The molecule has 0 amide bonds. The molecule has 1 fully saturated rings. The molecule has 0 aromatic heterocycles. The second kappa shape index (κ2) is 6.54. The number of hydrogen-bond donors (Lipinski definition) is 1. The van der Waals surface area contributed by atoms with Crippen molar-refractivity contribution in [1.29, 1.82) is 0 Å². The van der Waals surface area contributed by atoms with E-state index < -0.39 is 21.0 Å². The van der Waals surface area contributed by atoms with E-state index >= 15 is 0 Å². The Kier molecular flexibility index (Phi) is 5.16. The first-order valence-corrected chi connectivity index (χ1v) is 9.84. The number of sulfone groups is 1. The second-order valence-electron chi connectivity index (χ2n) is 5.17. The lowest BCUT2D eigenvalue weighted by Gasteiger charge is -2.36. The first-order chi connectivity index (χ1) is 9.86.